The van der Waals surface area contributed by atoms with Crippen LogP contribution in [0.2, 0.25) is 0 Å². The van der Waals surface area contributed by atoms with Crippen molar-refractivity contribution in [2.24, 2.45) is 0 Å². The molecule has 4 rings (SSSR count). The zero-order valence-corrected chi connectivity index (χ0v) is 18.4. The highest BCUT2D eigenvalue weighted by Gasteiger charge is 2.25. The van der Waals surface area contributed by atoms with Crippen molar-refractivity contribution in [2.75, 3.05) is 43.6 Å². The molecule has 1 aliphatic rings. The highest BCUT2D eigenvalue weighted by atomic mass is 16.6. The number of ether oxygens (including phenoxy) is 2. The summed E-state index contributed by atoms with van der Waals surface area (Å²) < 4.78 is 12.4. The van der Waals surface area contributed by atoms with E-state index in [0.717, 1.165) is 6.29 Å². The Kier molecular flexibility index (Phi) is 6.18. The number of morpholine rings is 1. The number of aldehydes is 1. The summed E-state index contributed by atoms with van der Waals surface area (Å²) in [6.07, 6.45) is 2.29. The molecule has 0 spiro atoms. The number of nitrogens with one attached hydrogen (secondary N) is 1. The minimum Gasteiger partial charge on any atom is -0.494 e. The molecule has 0 saturated carbocycles. The fourth-order valence-electron chi connectivity index (χ4n) is 3.72. The maximum absolute atomic E-state index is 11.8. The van der Waals surface area contributed by atoms with Gasteiger partial charge in [0.25, 0.3) is 5.69 Å². The summed E-state index contributed by atoms with van der Waals surface area (Å²) in [5.41, 5.74) is 2.48. The lowest BCUT2D eigenvalue weighted by Crippen LogP contribution is -2.36. The lowest BCUT2D eigenvalue weighted by molar-refractivity contribution is -0.384. The van der Waals surface area contributed by atoms with Gasteiger partial charge in [-0.25, -0.2) is 9.67 Å². The van der Waals surface area contributed by atoms with Crippen molar-refractivity contribution < 1.29 is 19.2 Å². The number of nitro groups is 1. The van der Waals surface area contributed by atoms with Gasteiger partial charge in [-0.15, -0.1) is 0 Å². The number of nitro benzene ring substituents is 1. The number of methoxy groups -OCH3 is 1. The molecule has 3 heterocycles. The molecule has 172 valence electrons. The molecule has 0 aliphatic carbocycles. The van der Waals surface area contributed by atoms with Crippen LogP contribution in [0.1, 0.15) is 21.7 Å². The molecule has 3 aromatic rings. The van der Waals surface area contributed by atoms with Crippen LogP contribution >= 0.6 is 0 Å². The van der Waals surface area contributed by atoms with Crippen LogP contribution in [-0.2, 0) is 4.74 Å². The number of benzene rings is 1. The van der Waals surface area contributed by atoms with Gasteiger partial charge in [0.1, 0.15) is 11.4 Å². The van der Waals surface area contributed by atoms with Gasteiger partial charge in [-0.2, -0.15) is 10.1 Å². The summed E-state index contributed by atoms with van der Waals surface area (Å²) in [6.45, 7) is 5.61. The second-order valence-electron chi connectivity index (χ2n) is 7.38. The second kappa shape index (κ2) is 9.20. The van der Waals surface area contributed by atoms with Gasteiger partial charge in [0.2, 0.25) is 5.95 Å². The van der Waals surface area contributed by atoms with Crippen LogP contribution in [0.3, 0.4) is 0 Å². The molecule has 1 N–H and O–H groups in total. The van der Waals surface area contributed by atoms with Crippen LogP contribution in [-0.4, -0.2) is 64.4 Å². The van der Waals surface area contributed by atoms with E-state index >= 15 is 0 Å². The lowest BCUT2D eigenvalue weighted by atomic mass is 10.2. The number of hydrogen-bond acceptors (Lipinski definition) is 10. The number of aromatic nitrogens is 4. The Balaban J connectivity index is 1.70. The van der Waals surface area contributed by atoms with Crippen LogP contribution in [0.5, 0.6) is 5.75 Å². The Hall–Kier alpha value is -4.06. The lowest BCUT2D eigenvalue weighted by Gasteiger charge is -2.29. The van der Waals surface area contributed by atoms with Crippen LogP contribution in [0.25, 0.3) is 5.82 Å². The number of nitrogens with zero attached hydrogens (tertiary/aromatic N) is 6. The summed E-state index contributed by atoms with van der Waals surface area (Å²) >= 11 is 0. The van der Waals surface area contributed by atoms with Gasteiger partial charge in [-0.1, -0.05) is 0 Å². The third kappa shape index (κ3) is 4.32. The van der Waals surface area contributed by atoms with Gasteiger partial charge in [0.15, 0.2) is 12.1 Å². The van der Waals surface area contributed by atoms with Gasteiger partial charge in [-0.3, -0.25) is 14.9 Å². The van der Waals surface area contributed by atoms with Crippen molar-refractivity contribution >= 4 is 29.3 Å². The molecule has 0 bridgehead atoms. The van der Waals surface area contributed by atoms with Crippen LogP contribution < -0.4 is 15.0 Å². The van der Waals surface area contributed by atoms with E-state index in [1.54, 1.807) is 30.7 Å². The summed E-state index contributed by atoms with van der Waals surface area (Å²) in [6, 6.07) is 4.70. The van der Waals surface area contributed by atoms with Crippen molar-refractivity contribution in [1.82, 2.24) is 19.7 Å². The van der Waals surface area contributed by atoms with E-state index in [4.69, 9.17) is 9.47 Å². The van der Waals surface area contributed by atoms with E-state index in [1.807, 2.05) is 4.90 Å². The molecule has 0 unspecified atom stereocenters. The first kappa shape index (κ1) is 22.1. The normalized spacial score (nSPS) is 13.6. The van der Waals surface area contributed by atoms with Crippen LogP contribution in [0.15, 0.2) is 24.4 Å². The minimum atomic E-state index is -0.427. The molecule has 1 aromatic carbocycles. The van der Waals surface area contributed by atoms with E-state index < -0.39 is 4.92 Å². The molecule has 12 nitrogen and oxygen atoms in total. The summed E-state index contributed by atoms with van der Waals surface area (Å²) in [5, 5.41) is 19.2. The number of rotatable bonds is 7. The first-order chi connectivity index (χ1) is 15.9. The quantitative estimate of drug-likeness (QED) is 0.323. The average molecular weight is 453 g/mol. The van der Waals surface area contributed by atoms with E-state index in [1.165, 1.54) is 19.4 Å². The first-order valence-corrected chi connectivity index (χ1v) is 10.2. The zero-order valence-electron chi connectivity index (χ0n) is 18.4. The van der Waals surface area contributed by atoms with Crippen molar-refractivity contribution in [3.8, 4) is 11.6 Å². The molecular formula is C21H23N7O5. The number of hydrogen-bond donors (Lipinski definition) is 1. The van der Waals surface area contributed by atoms with E-state index in [9.17, 15) is 14.9 Å². The van der Waals surface area contributed by atoms with Gasteiger partial charge in [-0.05, 0) is 13.8 Å². The van der Waals surface area contributed by atoms with Gasteiger partial charge >= 0.3 is 0 Å². The molecule has 1 fully saturated rings. The Morgan fingerprint density at radius 3 is 2.67 bits per heavy atom. The minimum absolute atomic E-state index is 0.0643. The van der Waals surface area contributed by atoms with Crippen molar-refractivity contribution in [1.29, 1.82) is 0 Å². The maximum atomic E-state index is 11.8. The smallest absolute Gasteiger partial charge is 0.294 e. The second-order valence-corrected chi connectivity index (χ2v) is 7.38. The molecule has 12 heteroatoms. The molecule has 1 saturated heterocycles. The fraction of sp³-hybridized carbons (Fsp3) is 0.333. The monoisotopic (exact) mass is 453 g/mol. The number of aryl methyl sites for hydroxylation is 1. The summed E-state index contributed by atoms with van der Waals surface area (Å²) in [7, 11) is 1.49. The van der Waals surface area contributed by atoms with Crippen molar-refractivity contribution in [2.45, 2.75) is 13.8 Å². The highest BCUT2D eigenvalue weighted by Crippen LogP contribution is 2.39. The zero-order chi connectivity index (χ0) is 23.5. The number of anilines is 3. The molecule has 0 amide bonds. The fourth-order valence-corrected chi connectivity index (χ4v) is 3.72. The predicted molar refractivity (Wildman–Crippen MR) is 120 cm³/mol. The highest BCUT2D eigenvalue weighted by molar-refractivity contribution is 5.78. The largest absolute Gasteiger partial charge is 0.494 e. The number of carbonyl (C=O) groups is 1. The van der Waals surface area contributed by atoms with E-state index in [0.29, 0.717) is 66.2 Å². The van der Waals surface area contributed by atoms with E-state index in [2.05, 4.69) is 20.4 Å². The first-order valence-electron chi connectivity index (χ1n) is 10.2. The predicted octanol–water partition coefficient (Wildman–Crippen LogP) is 2.59. The maximum Gasteiger partial charge on any atom is 0.294 e. The molecule has 0 radical (unpaired) electrons. The Bertz CT molecular complexity index is 1200. The summed E-state index contributed by atoms with van der Waals surface area (Å²) in [5.74, 6) is 1.05. The van der Waals surface area contributed by atoms with Gasteiger partial charge in [0.05, 0.1) is 47.9 Å². The molecule has 2 aromatic heterocycles. The number of carbonyl (C=O) groups excluding carboxylic acids is 1. The Morgan fingerprint density at radius 1 is 1.27 bits per heavy atom. The topological polar surface area (TPSA) is 138 Å². The van der Waals surface area contributed by atoms with Crippen molar-refractivity contribution in [3.05, 3.63) is 51.5 Å². The summed E-state index contributed by atoms with van der Waals surface area (Å²) in [4.78, 5) is 33.3. The van der Waals surface area contributed by atoms with Crippen LogP contribution in [0, 0.1) is 24.0 Å². The third-order valence-electron chi connectivity index (χ3n) is 5.41. The average Bonchev–Trinajstić information content (AvgIpc) is 3.12. The van der Waals surface area contributed by atoms with Crippen molar-refractivity contribution in [3.63, 3.8) is 0 Å². The third-order valence-corrected chi connectivity index (χ3v) is 5.41. The van der Waals surface area contributed by atoms with Gasteiger partial charge < -0.3 is 19.7 Å². The molecular weight excluding hydrogens is 430 g/mol. The SMILES string of the molecule is COc1cc(N2CCOCC2)c([N+](=O)[O-])cc1Nc1nccc(-n2nc(C)c(C=O)c2C)n1. The Labute approximate surface area is 189 Å². The van der Waals surface area contributed by atoms with Crippen LogP contribution in [0.4, 0.5) is 23.0 Å². The Morgan fingerprint density at radius 2 is 2.03 bits per heavy atom. The molecule has 0 atom stereocenters. The molecule has 1 aliphatic heterocycles. The molecule has 33 heavy (non-hydrogen) atoms. The van der Waals surface area contributed by atoms with E-state index in [-0.39, 0.29) is 11.6 Å². The van der Waals surface area contributed by atoms with Gasteiger partial charge in [0, 0.05) is 37.5 Å². The standard InChI is InChI=1S/C21H23N7O5/c1-13-15(12-29)14(2)27(25-13)20-4-5-22-21(24-20)23-16-10-18(28(30)31)17(11-19(16)32-3)26-6-8-33-9-7-26/h4-5,10-12H,6-9H2,1-3H3,(H,22,23,24).